The first-order chi connectivity index (χ1) is 8.79. The molecule has 18 heavy (non-hydrogen) atoms. The molecule has 5 heteroatoms. The first-order valence-electron chi connectivity index (χ1n) is 6.91. The first-order valence-corrected chi connectivity index (χ1v) is 6.91. The van der Waals surface area contributed by atoms with E-state index in [1.54, 1.807) is 7.11 Å². The summed E-state index contributed by atoms with van der Waals surface area (Å²) >= 11 is 0. The second-order valence-electron chi connectivity index (χ2n) is 5.61. The van der Waals surface area contributed by atoms with Crippen molar-refractivity contribution < 1.29 is 14.3 Å². The van der Waals surface area contributed by atoms with Crippen LogP contribution in [0.15, 0.2) is 0 Å². The average molecular weight is 254 g/mol. The molecular weight excluding hydrogens is 232 g/mol. The highest BCUT2D eigenvalue weighted by molar-refractivity contribution is 5.83. The molecule has 3 aliphatic heterocycles. The predicted octanol–water partition coefficient (Wildman–Crippen LogP) is -0.0456. The maximum absolute atomic E-state index is 12.5. The highest BCUT2D eigenvalue weighted by Crippen LogP contribution is 2.32. The number of amides is 1. The molecule has 0 unspecified atom stereocenters. The number of fused-ring (bicyclic) bond motifs is 2. The third-order valence-corrected chi connectivity index (χ3v) is 4.48. The quantitative estimate of drug-likeness (QED) is 0.706. The summed E-state index contributed by atoms with van der Waals surface area (Å²) in [5.74, 6) is 0.983. The van der Waals surface area contributed by atoms with E-state index in [1.165, 1.54) is 6.42 Å². The topological polar surface area (TPSA) is 42.0 Å². The Bertz CT molecular complexity index is 319. The van der Waals surface area contributed by atoms with Crippen molar-refractivity contribution in [3.63, 3.8) is 0 Å². The molecule has 2 atom stereocenters. The zero-order chi connectivity index (χ0) is 12.5. The summed E-state index contributed by atoms with van der Waals surface area (Å²) in [5.41, 5.74) is 0. The van der Waals surface area contributed by atoms with E-state index in [9.17, 15) is 4.79 Å². The van der Waals surface area contributed by atoms with Crippen molar-refractivity contribution >= 4 is 5.91 Å². The maximum atomic E-state index is 12.5. The van der Waals surface area contributed by atoms with Crippen LogP contribution < -0.4 is 0 Å². The standard InChI is InChI=1S/C13H22N2O3/c1-17-5-4-14-7-10-2-3-15(11-8-18-9-11)12(6-10)13(14)16/h10-12H,2-9H2,1H3/t10-,12+/m0/s1. The second kappa shape index (κ2) is 5.15. The number of methoxy groups -OCH3 is 1. The lowest BCUT2D eigenvalue weighted by Gasteiger charge is -2.50. The molecule has 0 N–H and O–H groups in total. The van der Waals surface area contributed by atoms with Crippen molar-refractivity contribution in [2.75, 3.05) is 46.6 Å². The Labute approximate surface area is 108 Å². The molecule has 3 saturated heterocycles. The Hall–Kier alpha value is -0.650. The summed E-state index contributed by atoms with van der Waals surface area (Å²) in [6.07, 6.45) is 2.25. The number of hydrogen-bond donors (Lipinski definition) is 0. The zero-order valence-electron chi connectivity index (χ0n) is 11.0. The van der Waals surface area contributed by atoms with Crippen molar-refractivity contribution in [2.24, 2.45) is 5.92 Å². The third kappa shape index (κ3) is 2.15. The van der Waals surface area contributed by atoms with Crippen molar-refractivity contribution in [3.8, 4) is 0 Å². The zero-order valence-corrected chi connectivity index (χ0v) is 11.0. The van der Waals surface area contributed by atoms with Gasteiger partial charge in [0.25, 0.3) is 0 Å². The van der Waals surface area contributed by atoms with Gasteiger partial charge in [0.1, 0.15) is 0 Å². The summed E-state index contributed by atoms with van der Waals surface area (Å²) in [7, 11) is 1.69. The number of hydrogen-bond acceptors (Lipinski definition) is 4. The van der Waals surface area contributed by atoms with Gasteiger partial charge >= 0.3 is 0 Å². The van der Waals surface area contributed by atoms with Gasteiger partial charge < -0.3 is 14.4 Å². The van der Waals surface area contributed by atoms with Crippen LogP contribution in [0.2, 0.25) is 0 Å². The highest BCUT2D eigenvalue weighted by Gasteiger charge is 2.44. The van der Waals surface area contributed by atoms with Gasteiger partial charge in [-0.2, -0.15) is 0 Å². The number of ether oxygens (including phenoxy) is 2. The molecule has 1 amide bonds. The molecule has 0 saturated carbocycles. The maximum Gasteiger partial charge on any atom is 0.240 e. The summed E-state index contributed by atoms with van der Waals surface area (Å²) in [4.78, 5) is 16.9. The van der Waals surface area contributed by atoms with Crippen LogP contribution in [-0.2, 0) is 14.3 Å². The van der Waals surface area contributed by atoms with Crippen LogP contribution in [0, 0.1) is 5.92 Å². The van der Waals surface area contributed by atoms with E-state index >= 15 is 0 Å². The predicted molar refractivity (Wildman–Crippen MR) is 66.3 cm³/mol. The van der Waals surface area contributed by atoms with Crippen LogP contribution in [-0.4, -0.2) is 74.4 Å². The summed E-state index contributed by atoms with van der Waals surface area (Å²) in [5, 5.41) is 0. The Morgan fingerprint density at radius 3 is 2.94 bits per heavy atom. The molecule has 102 valence electrons. The number of likely N-dealkylation sites (tertiary alicyclic amines) is 2. The molecule has 0 aromatic rings. The van der Waals surface area contributed by atoms with Gasteiger partial charge in [0.2, 0.25) is 5.91 Å². The van der Waals surface area contributed by atoms with E-state index in [2.05, 4.69) is 4.90 Å². The first kappa shape index (κ1) is 12.4. The molecule has 0 aliphatic carbocycles. The smallest absolute Gasteiger partial charge is 0.240 e. The van der Waals surface area contributed by atoms with Crippen LogP contribution in [0.4, 0.5) is 0 Å². The molecule has 3 aliphatic rings. The van der Waals surface area contributed by atoms with Gasteiger partial charge in [-0.05, 0) is 25.3 Å². The molecule has 0 aromatic carbocycles. The Morgan fingerprint density at radius 1 is 1.44 bits per heavy atom. The average Bonchev–Trinajstić information content (AvgIpc) is 2.32. The largest absolute Gasteiger partial charge is 0.383 e. The van der Waals surface area contributed by atoms with E-state index in [-0.39, 0.29) is 6.04 Å². The SMILES string of the molecule is COCCN1C[C@H]2CCN(C3COC3)[C@H](C2)C1=O. The molecule has 5 nitrogen and oxygen atoms in total. The van der Waals surface area contributed by atoms with Crippen molar-refractivity contribution in [1.29, 1.82) is 0 Å². The van der Waals surface area contributed by atoms with E-state index < -0.39 is 0 Å². The third-order valence-electron chi connectivity index (χ3n) is 4.48. The van der Waals surface area contributed by atoms with Gasteiger partial charge in [-0.3, -0.25) is 9.69 Å². The molecule has 0 radical (unpaired) electrons. The summed E-state index contributed by atoms with van der Waals surface area (Å²) in [6, 6.07) is 0.575. The van der Waals surface area contributed by atoms with Crippen LogP contribution in [0.3, 0.4) is 0 Å². The van der Waals surface area contributed by atoms with Gasteiger partial charge in [0.05, 0.1) is 31.9 Å². The van der Waals surface area contributed by atoms with Gasteiger partial charge in [-0.1, -0.05) is 0 Å². The fourth-order valence-corrected chi connectivity index (χ4v) is 3.33. The molecule has 3 fully saturated rings. The normalized spacial score (nSPS) is 33.6. The van der Waals surface area contributed by atoms with Gasteiger partial charge in [-0.15, -0.1) is 0 Å². The lowest BCUT2D eigenvalue weighted by molar-refractivity contribution is -0.157. The summed E-state index contributed by atoms with van der Waals surface area (Å²) < 4.78 is 10.4. The van der Waals surface area contributed by atoms with E-state index in [0.29, 0.717) is 24.5 Å². The number of rotatable bonds is 4. The summed E-state index contributed by atoms with van der Waals surface area (Å²) in [6.45, 7) is 4.95. The molecule has 0 spiro atoms. The minimum absolute atomic E-state index is 0.100. The van der Waals surface area contributed by atoms with Gasteiger partial charge in [-0.25, -0.2) is 0 Å². The van der Waals surface area contributed by atoms with Gasteiger partial charge in [0.15, 0.2) is 0 Å². The Kier molecular flexibility index (Phi) is 3.54. The van der Waals surface area contributed by atoms with Crippen LogP contribution in [0.25, 0.3) is 0 Å². The fraction of sp³-hybridized carbons (Fsp3) is 0.923. The van der Waals surface area contributed by atoms with Crippen molar-refractivity contribution in [1.82, 2.24) is 9.80 Å². The molecular formula is C13H22N2O3. The molecule has 3 heterocycles. The van der Waals surface area contributed by atoms with Crippen molar-refractivity contribution in [3.05, 3.63) is 0 Å². The minimum Gasteiger partial charge on any atom is -0.383 e. The van der Waals surface area contributed by atoms with E-state index in [0.717, 1.165) is 39.3 Å². The lowest BCUT2D eigenvalue weighted by Crippen LogP contribution is -2.64. The molecule has 0 aromatic heterocycles. The molecule has 3 rings (SSSR count). The monoisotopic (exact) mass is 254 g/mol. The Morgan fingerprint density at radius 2 is 2.28 bits per heavy atom. The van der Waals surface area contributed by atoms with E-state index in [4.69, 9.17) is 9.47 Å². The van der Waals surface area contributed by atoms with Gasteiger partial charge in [0, 0.05) is 20.2 Å². The minimum atomic E-state index is 0.100. The van der Waals surface area contributed by atoms with Crippen LogP contribution in [0.1, 0.15) is 12.8 Å². The number of nitrogens with zero attached hydrogens (tertiary/aromatic N) is 2. The molecule has 2 bridgehead atoms. The Balaban J connectivity index is 1.67. The fourth-order valence-electron chi connectivity index (χ4n) is 3.33. The van der Waals surface area contributed by atoms with Crippen molar-refractivity contribution in [2.45, 2.75) is 24.9 Å². The van der Waals surface area contributed by atoms with E-state index in [1.807, 2.05) is 4.90 Å². The van der Waals surface area contributed by atoms with Crippen LogP contribution in [0.5, 0.6) is 0 Å². The van der Waals surface area contributed by atoms with Crippen LogP contribution >= 0.6 is 0 Å². The second-order valence-corrected chi connectivity index (χ2v) is 5.61. The lowest BCUT2D eigenvalue weighted by atomic mass is 9.84. The number of carbonyl (C=O) groups is 1. The number of carbonyl (C=O) groups excluding carboxylic acids is 1. The number of piperidine rings is 2. The highest BCUT2D eigenvalue weighted by atomic mass is 16.5.